The maximum Gasteiger partial charge on any atom is 0.306 e. The number of allylic oxidation sites excluding steroid dienone is 18. The average Bonchev–Trinajstić information content (AvgIpc) is 3.45. The van der Waals surface area contributed by atoms with Crippen molar-refractivity contribution in [1.82, 2.24) is 0 Å². The van der Waals surface area contributed by atoms with Gasteiger partial charge in [0, 0.05) is 19.3 Å². The molecule has 6 heteroatoms. The highest BCUT2D eigenvalue weighted by atomic mass is 16.6. The van der Waals surface area contributed by atoms with Gasteiger partial charge in [0.05, 0.1) is 0 Å². The van der Waals surface area contributed by atoms with Crippen molar-refractivity contribution in [2.45, 2.75) is 322 Å². The summed E-state index contributed by atoms with van der Waals surface area (Å²) in [5, 5.41) is 0. The summed E-state index contributed by atoms with van der Waals surface area (Å²) in [6, 6.07) is 0. The predicted octanol–water partition coefficient (Wildman–Crippen LogP) is 23.0. The Bertz CT molecular complexity index is 1590. The summed E-state index contributed by atoms with van der Waals surface area (Å²) in [4.78, 5) is 38.4. The molecule has 0 radical (unpaired) electrons. The van der Waals surface area contributed by atoms with E-state index in [2.05, 4.69) is 130 Å². The Morgan fingerprint density at radius 3 is 0.785 bits per heavy atom. The normalized spacial score (nSPS) is 12.8. The van der Waals surface area contributed by atoms with Crippen molar-refractivity contribution < 1.29 is 28.6 Å². The van der Waals surface area contributed by atoms with Crippen molar-refractivity contribution in [2.24, 2.45) is 0 Å². The predicted molar refractivity (Wildman–Crippen MR) is 343 cm³/mol. The van der Waals surface area contributed by atoms with Gasteiger partial charge in [0.15, 0.2) is 6.10 Å². The molecule has 0 rings (SSSR count). The van der Waals surface area contributed by atoms with Crippen LogP contribution in [0, 0.1) is 0 Å². The molecular formula is C73H124O6. The largest absolute Gasteiger partial charge is 0.462 e. The molecule has 79 heavy (non-hydrogen) atoms. The van der Waals surface area contributed by atoms with Gasteiger partial charge in [0.25, 0.3) is 0 Å². The molecule has 1 atom stereocenters. The van der Waals surface area contributed by atoms with Crippen molar-refractivity contribution >= 4 is 17.9 Å². The van der Waals surface area contributed by atoms with Gasteiger partial charge < -0.3 is 14.2 Å². The molecule has 0 spiro atoms. The van der Waals surface area contributed by atoms with Crippen LogP contribution in [-0.2, 0) is 28.6 Å². The van der Waals surface area contributed by atoms with Gasteiger partial charge in [-0.05, 0) is 122 Å². The first-order valence-corrected chi connectivity index (χ1v) is 33.4. The third-order valence-electron chi connectivity index (χ3n) is 14.2. The quantitative estimate of drug-likeness (QED) is 0.0261. The Labute approximate surface area is 489 Å². The lowest BCUT2D eigenvalue weighted by Crippen LogP contribution is -2.30. The topological polar surface area (TPSA) is 78.9 Å². The van der Waals surface area contributed by atoms with E-state index in [4.69, 9.17) is 14.2 Å². The highest BCUT2D eigenvalue weighted by Crippen LogP contribution is 2.16. The van der Waals surface area contributed by atoms with Crippen molar-refractivity contribution in [3.8, 4) is 0 Å². The lowest BCUT2D eigenvalue weighted by atomic mass is 10.1. The summed E-state index contributed by atoms with van der Waals surface area (Å²) in [7, 11) is 0. The molecule has 0 aliphatic heterocycles. The Morgan fingerprint density at radius 1 is 0.266 bits per heavy atom. The Kier molecular flexibility index (Phi) is 63.3. The smallest absolute Gasteiger partial charge is 0.306 e. The van der Waals surface area contributed by atoms with Gasteiger partial charge in [-0.2, -0.15) is 0 Å². The van der Waals surface area contributed by atoms with Gasteiger partial charge in [0.2, 0.25) is 0 Å². The number of hydrogen-bond acceptors (Lipinski definition) is 6. The molecule has 452 valence electrons. The van der Waals surface area contributed by atoms with E-state index in [0.717, 1.165) is 122 Å². The average molecular weight is 1100 g/mol. The first-order chi connectivity index (χ1) is 39.0. The molecule has 0 bridgehead atoms. The lowest BCUT2D eigenvalue weighted by Gasteiger charge is -2.18. The Morgan fingerprint density at radius 2 is 0.494 bits per heavy atom. The number of rotatable bonds is 60. The number of unbranched alkanes of at least 4 members (excludes halogenated alkanes) is 31. The van der Waals surface area contributed by atoms with Crippen molar-refractivity contribution in [2.75, 3.05) is 13.2 Å². The van der Waals surface area contributed by atoms with Gasteiger partial charge in [0.1, 0.15) is 13.2 Å². The maximum absolute atomic E-state index is 12.9. The number of carbonyl (C=O) groups is 3. The molecule has 0 fully saturated rings. The fourth-order valence-electron chi connectivity index (χ4n) is 9.30. The molecule has 0 amide bonds. The van der Waals surface area contributed by atoms with Crippen LogP contribution in [0.1, 0.15) is 316 Å². The second kappa shape index (κ2) is 66.6. The van der Waals surface area contributed by atoms with E-state index in [1.54, 1.807) is 0 Å². The standard InChI is InChI=1S/C73H124O6/c1-4-7-10-13-16-19-22-25-28-31-33-35-36-38-39-42-45-48-51-54-57-60-63-66-72(75)78-69-70(68-77-71(74)65-62-59-56-53-50-47-44-41-30-27-24-21-18-15-12-9-6-3)79-73(76)67-64-61-58-55-52-49-46-43-40-37-34-32-29-26-23-20-17-14-11-8-5-2/h7,9-10,12,16,18-19,21,25,27-28,30,32-35,38-39,70H,4-6,8,11,13-15,17,20,22-24,26,29,31,36-37,40-69H2,1-3H3/b10-7-,12-9-,19-16-,21-18-,28-25-,30-27-,34-32-,35-33-,39-38-. The minimum Gasteiger partial charge on any atom is -0.462 e. The van der Waals surface area contributed by atoms with Gasteiger partial charge >= 0.3 is 17.9 Å². The minimum absolute atomic E-state index is 0.0877. The summed E-state index contributed by atoms with van der Waals surface area (Å²) in [6.45, 7) is 6.43. The molecule has 0 aliphatic carbocycles. The molecule has 1 unspecified atom stereocenters. The van der Waals surface area contributed by atoms with Crippen LogP contribution < -0.4 is 0 Å². The maximum atomic E-state index is 12.9. The zero-order chi connectivity index (χ0) is 57.1. The molecule has 0 aromatic heterocycles. The van der Waals surface area contributed by atoms with Crippen molar-refractivity contribution in [3.05, 3.63) is 109 Å². The highest BCUT2D eigenvalue weighted by molar-refractivity contribution is 5.71. The minimum atomic E-state index is -0.792. The molecule has 0 aliphatic rings. The third-order valence-corrected chi connectivity index (χ3v) is 14.2. The summed E-state index contributed by atoms with van der Waals surface area (Å²) < 4.78 is 17.0. The number of carbonyl (C=O) groups excluding carboxylic acids is 3. The van der Waals surface area contributed by atoms with Gasteiger partial charge in [-0.15, -0.1) is 0 Å². The first kappa shape index (κ1) is 75.1. The van der Waals surface area contributed by atoms with Crippen molar-refractivity contribution in [1.29, 1.82) is 0 Å². The van der Waals surface area contributed by atoms with E-state index >= 15 is 0 Å². The fraction of sp³-hybridized carbons (Fsp3) is 0.712. The monoisotopic (exact) mass is 1100 g/mol. The SMILES string of the molecule is CC/C=C\C/C=C\C/C=C\C/C=C\C/C=C\CCCCCCCCCC(=O)OCC(COC(=O)CCCCCCCCC/C=C\C/C=C\C/C=C\CC)OC(=O)CCCCCCCCCCC/C=C\CCCCCCCCCC. The van der Waals surface area contributed by atoms with E-state index in [-0.39, 0.29) is 31.1 Å². The van der Waals surface area contributed by atoms with Crippen LogP contribution in [0.5, 0.6) is 0 Å². The third kappa shape index (κ3) is 64.8. The summed E-state index contributed by atoms with van der Waals surface area (Å²) in [5.74, 6) is -0.899. The number of esters is 3. The summed E-state index contributed by atoms with van der Waals surface area (Å²) >= 11 is 0. The van der Waals surface area contributed by atoms with E-state index < -0.39 is 6.10 Å². The number of hydrogen-bond donors (Lipinski definition) is 0. The van der Waals surface area contributed by atoms with Crippen LogP contribution >= 0.6 is 0 Å². The summed E-state index contributed by atoms with van der Waals surface area (Å²) in [5.41, 5.74) is 0. The second-order valence-electron chi connectivity index (χ2n) is 22.0. The fourth-order valence-corrected chi connectivity index (χ4v) is 9.30. The Balaban J connectivity index is 4.41. The summed E-state index contributed by atoms with van der Waals surface area (Å²) in [6.07, 6.45) is 90.9. The molecule has 0 heterocycles. The van der Waals surface area contributed by atoms with Crippen molar-refractivity contribution in [3.63, 3.8) is 0 Å². The van der Waals surface area contributed by atoms with Crippen LogP contribution in [0.15, 0.2) is 109 Å². The van der Waals surface area contributed by atoms with E-state index in [1.807, 2.05) is 0 Å². The highest BCUT2D eigenvalue weighted by Gasteiger charge is 2.19. The molecule has 0 N–H and O–H groups in total. The molecule has 0 saturated heterocycles. The van der Waals surface area contributed by atoms with Crippen LogP contribution in [0.25, 0.3) is 0 Å². The van der Waals surface area contributed by atoms with Gasteiger partial charge in [-0.3, -0.25) is 14.4 Å². The molecule has 6 nitrogen and oxygen atoms in total. The zero-order valence-corrected chi connectivity index (χ0v) is 51.9. The zero-order valence-electron chi connectivity index (χ0n) is 51.9. The van der Waals surface area contributed by atoms with E-state index in [0.29, 0.717) is 19.3 Å². The van der Waals surface area contributed by atoms with Crippen LogP contribution in [0.2, 0.25) is 0 Å². The van der Waals surface area contributed by atoms with Crippen LogP contribution in [-0.4, -0.2) is 37.2 Å². The number of ether oxygens (including phenoxy) is 3. The van der Waals surface area contributed by atoms with Gasteiger partial charge in [-0.1, -0.05) is 284 Å². The van der Waals surface area contributed by atoms with Crippen LogP contribution in [0.4, 0.5) is 0 Å². The molecule has 0 aromatic rings. The van der Waals surface area contributed by atoms with Gasteiger partial charge in [-0.25, -0.2) is 0 Å². The molecule has 0 aromatic carbocycles. The lowest BCUT2D eigenvalue weighted by molar-refractivity contribution is -0.167. The van der Waals surface area contributed by atoms with E-state index in [9.17, 15) is 14.4 Å². The molecular weight excluding hydrogens is 973 g/mol. The van der Waals surface area contributed by atoms with E-state index in [1.165, 1.54) is 154 Å². The first-order valence-electron chi connectivity index (χ1n) is 33.4. The molecule has 0 saturated carbocycles. The Hall–Kier alpha value is -3.93. The van der Waals surface area contributed by atoms with Crippen LogP contribution in [0.3, 0.4) is 0 Å². The second-order valence-corrected chi connectivity index (χ2v) is 22.0.